The van der Waals surface area contributed by atoms with Gasteiger partial charge in [-0.15, -0.1) is 0 Å². The van der Waals surface area contributed by atoms with Gasteiger partial charge in [-0.1, -0.05) is 36.4 Å². The highest BCUT2D eigenvalue weighted by atomic mass is 16.5. The van der Waals surface area contributed by atoms with E-state index in [2.05, 4.69) is 5.32 Å². The Hall–Kier alpha value is -3.31. The van der Waals surface area contributed by atoms with Crippen LogP contribution in [0.3, 0.4) is 0 Å². The summed E-state index contributed by atoms with van der Waals surface area (Å²) >= 11 is 0. The van der Waals surface area contributed by atoms with Crippen molar-refractivity contribution in [2.75, 3.05) is 18.5 Å². The number of rotatable bonds is 8. The van der Waals surface area contributed by atoms with E-state index in [0.29, 0.717) is 30.2 Å². The third-order valence-corrected chi connectivity index (χ3v) is 4.92. The first kappa shape index (κ1) is 20.0. The van der Waals surface area contributed by atoms with Crippen LogP contribution in [0.25, 0.3) is 0 Å². The molecule has 1 fully saturated rings. The lowest BCUT2D eigenvalue weighted by atomic mass is 10.2. The Balaban J connectivity index is 1.30. The molecule has 30 heavy (non-hydrogen) atoms. The molecule has 1 atom stereocenters. The van der Waals surface area contributed by atoms with Crippen molar-refractivity contribution in [1.82, 2.24) is 0 Å². The van der Waals surface area contributed by atoms with Crippen molar-refractivity contribution in [3.8, 4) is 11.5 Å². The Labute approximate surface area is 176 Å². The molecule has 4 rings (SSSR count). The van der Waals surface area contributed by atoms with Gasteiger partial charge in [-0.05, 0) is 60.9 Å². The van der Waals surface area contributed by atoms with Crippen LogP contribution in [0.2, 0.25) is 0 Å². The molecule has 3 aromatic rings. The molecule has 0 saturated carbocycles. The van der Waals surface area contributed by atoms with Crippen molar-refractivity contribution in [3.63, 3.8) is 0 Å². The maximum atomic E-state index is 12.6. The molecular formula is C25H25NO4. The van der Waals surface area contributed by atoms with Gasteiger partial charge in [0.25, 0.3) is 5.91 Å². The summed E-state index contributed by atoms with van der Waals surface area (Å²) in [5.74, 6) is 1.23. The van der Waals surface area contributed by atoms with E-state index in [1.54, 1.807) is 12.1 Å². The van der Waals surface area contributed by atoms with Gasteiger partial charge in [0.15, 0.2) is 0 Å². The van der Waals surface area contributed by atoms with Crippen molar-refractivity contribution < 1.29 is 19.0 Å². The number of amides is 1. The van der Waals surface area contributed by atoms with E-state index in [4.69, 9.17) is 14.2 Å². The fraction of sp³-hybridized carbons (Fsp3) is 0.240. The highest BCUT2D eigenvalue weighted by Crippen LogP contribution is 2.20. The molecule has 0 spiro atoms. The van der Waals surface area contributed by atoms with E-state index < -0.39 is 0 Å². The van der Waals surface area contributed by atoms with Gasteiger partial charge in [0, 0.05) is 17.9 Å². The molecule has 0 bridgehead atoms. The molecule has 1 aliphatic heterocycles. The van der Waals surface area contributed by atoms with Crippen LogP contribution in [0.15, 0.2) is 78.9 Å². The zero-order valence-electron chi connectivity index (χ0n) is 16.8. The first-order chi connectivity index (χ1) is 14.8. The molecule has 1 saturated heterocycles. The molecule has 1 unspecified atom stereocenters. The standard InChI is InChI=1S/C25H25NO4/c27-25(20-8-4-9-23(16-20)29-17-19-6-2-1-3-7-19)26-21-11-13-22(14-12-21)30-18-24-10-5-15-28-24/h1-4,6-9,11-14,16,24H,5,10,15,17-18H2,(H,26,27). The summed E-state index contributed by atoms with van der Waals surface area (Å²) in [4.78, 5) is 12.6. The monoisotopic (exact) mass is 403 g/mol. The average molecular weight is 403 g/mol. The fourth-order valence-corrected chi connectivity index (χ4v) is 3.27. The Morgan fingerprint density at radius 3 is 2.53 bits per heavy atom. The number of hydrogen-bond acceptors (Lipinski definition) is 4. The van der Waals surface area contributed by atoms with Gasteiger partial charge in [-0.3, -0.25) is 4.79 Å². The van der Waals surface area contributed by atoms with Crippen molar-refractivity contribution >= 4 is 11.6 Å². The first-order valence-corrected chi connectivity index (χ1v) is 10.2. The van der Waals surface area contributed by atoms with Crippen molar-refractivity contribution in [1.29, 1.82) is 0 Å². The minimum absolute atomic E-state index is 0.181. The second kappa shape index (κ2) is 9.94. The molecule has 5 heteroatoms. The first-order valence-electron chi connectivity index (χ1n) is 10.2. The van der Waals surface area contributed by atoms with E-state index >= 15 is 0 Å². The van der Waals surface area contributed by atoms with Crippen LogP contribution < -0.4 is 14.8 Å². The van der Waals surface area contributed by atoms with Gasteiger partial charge < -0.3 is 19.5 Å². The lowest BCUT2D eigenvalue weighted by Crippen LogP contribution is -2.16. The summed E-state index contributed by atoms with van der Waals surface area (Å²) in [6.45, 7) is 1.83. The number of anilines is 1. The SMILES string of the molecule is O=C(Nc1ccc(OCC2CCCO2)cc1)c1cccc(OCc2ccccc2)c1. The van der Waals surface area contributed by atoms with E-state index in [1.807, 2.05) is 66.7 Å². The highest BCUT2D eigenvalue weighted by molar-refractivity contribution is 6.04. The quantitative estimate of drug-likeness (QED) is 0.570. The summed E-state index contributed by atoms with van der Waals surface area (Å²) in [5.41, 5.74) is 2.33. The number of carbonyl (C=O) groups excluding carboxylic acids is 1. The minimum atomic E-state index is -0.187. The van der Waals surface area contributed by atoms with Gasteiger partial charge in [-0.2, -0.15) is 0 Å². The zero-order valence-corrected chi connectivity index (χ0v) is 16.8. The normalized spacial score (nSPS) is 15.5. The van der Waals surface area contributed by atoms with Gasteiger partial charge in [0.05, 0.1) is 6.10 Å². The van der Waals surface area contributed by atoms with Gasteiger partial charge in [-0.25, -0.2) is 0 Å². The predicted molar refractivity (Wildman–Crippen MR) is 116 cm³/mol. The Morgan fingerprint density at radius 2 is 1.77 bits per heavy atom. The highest BCUT2D eigenvalue weighted by Gasteiger charge is 2.16. The maximum absolute atomic E-state index is 12.6. The molecule has 5 nitrogen and oxygen atoms in total. The van der Waals surface area contributed by atoms with Crippen LogP contribution in [0.4, 0.5) is 5.69 Å². The fourth-order valence-electron chi connectivity index (χ4n) is 3.27. The number of nitrogens with one attached hydrogen (secondary N) is 1. The van der Waals surface area contributed by atoms with Crippen LogP contribution >= 0.6 is 0 Å². The van der Waals surface area contributed by atoms with E-state index in [1.165, 1.54) is 0 Å². The van der Waals surface area contributed by atoms with Crippen LogP contribution in [-0.2, 0) is 11.3 Å². The lowest BCUT2D eigenvalue weighted by molar-refractivity contribution is 0.0679. The summed E-state index contributed by atoms with van der Waals surface area (Å²) < 4.78 is 17.1. The lowest BCUT2D eigenvalue weighted by Gasteiger charge is -2.12. The van der Waals surface area contributed by atoms with Crippen molar-refractivity contribution in [3.05, 3.63) is 90.0 Å². The second-order valence-electron chi connectivity index (χ2n) is 7.23. The molecule has 0 radical (unpaired) electrons. The number of hydrogen-bond donors (Lipinski definition) is 1. The molecule has 0 aliphatic carbocycles. The smallest absolute Gasteiger partial charge is 0.255 e. The molecule has 1 amide bonds. The molecule has 1 heterocycles. The minimum Gasteiger partial charge on any atom is -0.491 e. The van der Waals surface area contributed by atoms with Gasteiger partial charge >= 0.3 is 0 Å². The van der Waals surface area contributed by atoms with Crippen LogP contribution in [0, 0.1) is 0 Å². The van der Waals surface area contributed by atoms with Crippen LogP contribution in [-0.4, -0.2) is 25.2 Å². The average Bonchev–Trinajstić information content (AvgIpc) is 3.32. The maximum Gasteiger partial charge on any atom is 0.255 e. The van der Waals surface area contributed by atoms with Crippen LogP contribution in [0.5, 0.6) is 11.5 Å². The largest absolute Gasteiger partial charge is 0.491 e. The van der Waals surface area contributed by atoms with E-state index in [0.717, 1.165) is 30.8 Å². The van der Waals surface area contributed by atoms with Gasteiger partial charge in [0.1, 0.15) is 24.7 Å². The molecule has 3 aromatic carbocycles. The Kier molecular flexibility index (Phi) is 6.62. The van der Waals surface area contributed by atoms with E-state index in [-0.39, 0.29) is 12.0 Å². The van der Waals surface area contributed by atoms with Crippen LogP contribution in [0.1, 0.15) is 28.8 Å². The molecule has 0 aromatic heterocycles. The summed E-state index contributed by atoms with van der Waals surface area (Å²) in [6.07, 6.45) is 2.32. The topological polar surface area (TPSA) is 56.8 Å². The Morgan fingerprint density at radius 1 is 0.933 bits per heavy atom. The Bertz CT molecular complexity index is 950. The van der Waals surface area contributed by atoms with E-state index in [9.17, 15) is 4.79 Å². The third kappa shape index (κ3) is 5.61. The summed E-state index contributed by atoms with van der Waals surface area (Å²) in [7, 11) is 0. The molecule has 1 N–H and O–H groups in total. The summed E-state index contributed by atoms with van der Waals surface area (Å²) in [6, 6.07) is 24.5. The number of ether oxygens (including phenoxy) is 3. The van der Waals surface area contributed by atoms with Crippen molar-refractivity contribution in [2.24, 2.45) is 0 Å². The number of benzene rings is 3. The third-order valence-electron chi connectivity index (χ3n) is 4.92. The van der Waals surface area contributed by atoms with Crippen molar-refractivity contribution in [2.45, 2.75) is 25.6 Å². The zero-order chi connectivity index (χ0) is 20.6. The molecule has 154 valence electrons. The van der Waals surface area contributed by atoms with Gasteiger partial charge in [0.2, 0.25) is 0 Å². The predicted octanol–water partition coefficient (Wildman–Crippen LogP) is 5.08. The summed E-state index contributed by atoms with van der Waals surface area (Å²) in [5, 5.41) is 2.91. The molecule has 1 aliphatic rings. The molecular weight excluding hydrogens is 378 g/mol. The number of carbonyl (C=O) groups is 1. The second-order valence-corrected chi connectivity index (χ2v) is 7.23.